The molecule has 0 radical (unpaired) electrons. The van der Waals surface area contributed by atoms with E-state index >= 15 is 0 Å². The summed E-state index contributed by atoms with van der Waals surface area (Å²) < 4.78 is 6.77. The van der Waals surface area contributed by atoms with Crippen LogP contribution in [0.2, 0.25) is 0 Å². The third-order valence-corrected chi connectivity index (χ3v) is 2.98. The number of hydrogen-bond acceptors (Lipinski definition) is 2. The Labute approximate surface area is 91.4 Å². The van der Waals surface area contributed by atoms with Crippen LogP contribution in [0.4, 0.5) is 0 Å². The second kappa shape index (κ2) is 3.75. The molecule has 14 heavy (non-hydrogen) atoms. The van der Waals surface area contributed by atoms with Gasteiger partial charge >= 0.3 is 0 Å². The number of benzene rings is 1. The van der Waals surface area contributed by atoms with E-state index in [1.807, 2.05) is 19.2 Å². The van der Waals surface area contributed by atoms with Gasteiger partial charge in [-0.05, 0) is 41.5 Å². The molecule has 74 valence electrons. The van der Waals surface area contributed by atoms with Gasteiger partial charge in [0.1, 0.15) is 11.3 Å². The van der Waals surface area contributed by atoms with Crippen LogP contribution in [0.1, 0.15) is 11.3 Å². The van der Waals surface area contributed by atoms with Gasteiger partial charge in [-0.2, -0.15) is 0 Å². The van der Waals surface area contributed by atoms with Crippen LogP contribution < -0.4 is 5.32 Å². The summed E-state index contributed by atoms with van der Waals surface area (Å²) >= 11 is 3.48. The minimum Gasteiger partial charge on any atom is -0.458 e. The summed E-state index contributed by atoms with van der Waals surface area (Å²) in [7, 11) is 1.92. The molecule has 3 heteroatoms. The second-order valence-corrected chi connectivity index (χ2v) is 4.15. The van der Waals surface area contributed by atoms with E-state index in [4.69, 9.17) is 4.42 Å². The summed E-state index contributed by atoms with van der Waals surface area (Å²) in [6, 6.07) is 6.10. The highest BCUT2D eigenvalue weighted by Crippen LogP contribution is 2.30. The molecule has 0 unspecified atom stereocenters. The molecule has 0 amide bonds. The number of nitrogens with one attached hydrogen (secondary N) is 1. The molecule has 1 N–H and O–H groups in total. The summed E-state index contributed by atoms with van der Waals surface area (Å²) in [5.41, 5.74) is 2.16. The topological polar surface area (TPSA) is 25.2 Å². The fourth-order valence-electron chi connectivity index (χ4n) is 1.59. The fourth-order valence-corrected chi connectivity index (χ4v) is 2.03. The van der Waals surface area contributed by atoms with E-state index in [-0.39, 0.29) is 0 Å². The minimum atomic E-state index is 0.771. The first kappa shape index (κ1) is 9.74. The van der Waals surface area contributed by atoms with E-state index in [2.05, 4.69) is 34.2 Å². The zero-order valence-corrected chi connectivity index (χ0v) is 9.81. The van der Waals surface area contributed by atoms with Crippen LogP contribution in [0.5, 0.6) is 0 Å². The molecule has 0 aliphatic carbocycles. The molecule has 0 bridgehead atoms. The maximum absolute atomic E-state index is 5.76. The molecule has 0 atom stereocenters. The van der Waals surface area contributed by atoms with Crippen molar-refractivity contribution in [3.63, 3.8) is 0 Å². The number of aryl methyl sites for hydroxylation is 1. The van der Waals surface area contributed by atoms with Gasteiger partial charge in [0.05, 0.1) is 11.0 Å². The van der Waals surface area contributed by atoms with Gasteiger partial charge in [0.2, 0.25) is 0 Å². The Morgan fingerprint density at radius 1 is 1.43 bits per heavy atom. The average Bonchev–Trinajstić information content (AvgIpc) is 2.48. The average molecular weight is 254 g/mol. The highest BCUT2D eigenvalue weighted by molar-refractivity contribution is 9.10. The first-order chi connectivity index (χ1) is 6.74. The normalized spacial score (nSPS) is 11.1. The molecule has 1 aromatic carbocycles. The third-order valence-electron chi connectivity index (χ3n) is 2.35. The van der Waals surface area contributed by atoms with Crippen molar-refractivity contribution >= 4 is 26.9 Å². The fraction of sp³-hybridized carbons (Fsp3) is 0.273. The highest BCUT2D eigenvalue weighted by Gasteiger charge is 2.10. The van der Waals surface area contributed by atoms with Crippen LogP contribution in [-0.2, 0) is 6.54 Å². The predicted molar refractivity (Wildman–Crippen MR) is 61.4 cm³/mol. The van der Waals surface area contributed by atoms with Crippen molar-refractivity contribution in [2.24, 2.45) is 0 Å². The van der Waals surface area contributed by atoms with Gasteiger partial charge in [-0.15, -0.1) is 0 Å². The van der Waals surface area contributed by atoms with Crippen molar-refractivity contribution in [1.29, 1.82) is 0 Å². The first-order valence-corrected chi connectivity index (χ1v) is 5.34. The van der Waals surface area contributed by atoms with Gasteiger partial charge in [0, 0.05) is 5.39 Å². The second-order valence-electron chi connectivity index (χ2n) is 3.30. The zero-order valence-electron chi connectivity index (χ0n) is 8.23. The lowest BCUT2D eigenvalue weighted by Gasteiger charge is -1.94. The van der Waals surface area contributed by atoms with Crippen molar-refractivity contribution in [2.45, 2.75) is 13.5 Å². The molecule has 0 aliphatic heterocycles. The number of furan rings is 1. The van der Waals surface area contributed by atoms with Crippen molar-refractivity contribution in [3.8, 4) is 0 Å². The molecular formula is C11H12BrNO. The Morgan fingerprint density at radius 3 is 2.86 bits per heavy atom. The third kappa shape index (κ3) is 1.47. The quantitative estimate of drug-likeness (QED) is 0.890. The van der Waals surface area contributed by atoms with Crippen LogP contribution in [0.3, 0.4) is 0 Å². The van der Waals surface area contributed by atoms with E-state index < -0.39 is 0 Å². The van der Waals surface area contributed by atoms with Crippen LogP contribution >= 0.6 is 15.9 Å². The molecule has 2 nitrogen and oxygen atoms in total. The molecule has 2 aromatic rings. The molecule has 1 aromatic heterocycles. The van der Waals surface area contributed by atoms with Crippen LogP contribution in [0.15, 0.2) is 27.1 Å². The summed E-state index contributed by atoms with van der Waals surface area (Å²) in [6.45, 7) is 2.86. The Morgan fingerprint density at radius 2 is 2.21 bits per heavy atom. The van der Waals surface area contributed by atoms with Gasteiger partial charge in [-0.25, -0.2) is 0 Å². The van der Waals surface area contributed by atoms with Gasteiger partial charge in [-0.1, -0.05) is 12.1 Å². The lowest BCUT2D eigenvalue weighted by atomic mass is 10.1. The van der Waals surface area contributed by atoms with Crippen LogP contribution in [0, 0.1) is 6.92 Å². The Kier molecular flexibility index (Phi) is 2.61. The maximum Gasteiger partial charge on any atom is 0.148 e. The smallest absolute Gasteiger partial charge is 0.148 e. The highest BCUT2D eigenvalue weighted by atomic mass is 79.9. The van der Waals surface area contributed by atoms with Gasteiger partial charge in [0.15, 0.2) is 0 Å². The minimum absolute atomic E-state index is 0.771. The number of para-hydroxylation sites is 1. The zero-order chi connectivity index (χ0) is 10.1. The van der Waals surface area contributed by atoms with E-state index in [9.17, 15) is 0 Å². The number of hydrogen-bond donors (Lipinski definition) is 1. The van der Waals surface area contributed by atoms with Crippen molar-refractivity contribution < 1.29 is 4.42 Å². The van der Waals surface area contributed by atoms with Crippen molar-refractivity contribution in [2.75, 3.05) is 7.05 Å². The molecule has 1 heterocycles. The maximum atomic E-state index is 5.76. The standard InChI is InChI=1S/C11H12BrNO/c1-7-8-4-3-5-9(12)11(8)14-10(7)6-13-2/h3-5,13H,6H2,1-2H3. The van der Waals surface area contributed by atoms with Crippen molar-refractivity contribution in [3.05, 3.63) is 34.0 Å². The monoisotopic (exact) mass is 253 g/mol. The van der Waals surface area contributed by atoms with E-state index in [1.165, 1.54) is 10.9 Å². The summed E-state index contributed by atoms with van der Waals surface area (Å²) in [5, 5.41) is 4.28. The summed E-state index contributed by atoms with van der Waals surface area (Å²) in [5.74, 6) is 1.01. The van der Waals surface area contributed by atoms with E-state index in [0.29, 0.717) is 0 Å². The molecular weight excluding hydrogens is 242 g/mol. The molecule has 0 saturated carbocycles. The molecule has 0 fully saturated rings. The van der Waals surface area contributed by atoms with Crippen LogP contribution in [0.25, 0.3) is 11.0 Å². The number of fused-ring (bicyclic) bond motifs is 1. The summed E-state index contributed by atoms with van der Waals surface area (Å²) in [6.07, 6.45) is 0. The largest absolute Gasteiger partial charge is 0.458 e. The summed E-state index contributed by atoms with van der Waals surface area (Å²) in [4.78, 5) is 0. The van der Waals surface area contributed by atoms with Crippen molar-refractivity contribution in [1.82, 2.24) is 5.32 Å². The Bertz CT molecular complexity index is 462. The number of rotatable bonds is 2. The molecule has 0 saturated heterocycles. The lowest BCUT2D eigenvalue weighted by Crippen LogP contribution is -2.04. The molecule has 0 aliphatic rings. The Balaban J connectivity index is 2.67. The van der Waals surface area contributed by atoms with Gasteiger partial charge in [0.25, 0.3) is 0 Å². The first-order valence-electron chi connectivity index (χ1n) is 4.55. The molecule has 2 rings (SSSR count). The lowest BCUT2D eigenvalue weighted by molar-refractivity contribution is 0.526. The van der Waals surface area contributed by atoms with Gasteiger partial charge < -0.3 is 9.73 Å². The van der Waals surface area contributed by atoms with Gasteiger partial charge in [-0.3, -0.25) is 0 Å². The Hall–Kier alpha value is -0.800. The predicted octanol–water partition coefficient (Wildman–Crippen LogP) is 3.22. The van der Waals surface area contributed by atoms with E-state index in [1.54, 1.807) is 0 Å². The number of halogens is 1. The van der Waals surface area contributed by atoms with Crippen LogP contribution in [-0.4, -0.2) is 7.05 Å². The molecule has 0 spiro atoms. The SMILES string of the molecule is CNCc1oc2c(Br)cccc2c1C. The van der Waals surface area contributed by atoms with E-state index in [0.717, 1.165) is 22.4 Å².